The van der Waals surface area contributed by atoms with Gasteiger partial charge >= 0.3 is 0 Å². The van der Waals surface area contributed by atoms with E-state index in [-0.39, 0.29) is 28.8 Å². The Bertz CT molecular complexity index is 531. The van der Waals surface area contributed by atoms with Crippen molar-refractivity contribution in [1.82, 2.24) is 0 Å². The van der Waals surface area contributed by atoms with Crippen molar-refractivity contribution in [2.75, 3.05) is 0 Å². The first kappa shape index (κ1) is 16.1. The summed E-state index contributed by atoms with van der Waals surface area (Å²) in [5.41, 5.74) is 1.01. The van der Waals surface area contributed by atoms with Crippen molar-refractivity contribution < 1.29 is 20.4 Å². The van der Waals surface area contributed by atoms with Crippen LogP contribution in [0.15, 0.2) is 11.6 Å². The topological polar surface area (TPSA) is 80.9 Å². The molecule has 0 aromatic heterocycles. The summed E-state index contributed by atoms with van der Waals surface area (Å²) in [4.78, 5) is 0. The Hall–Kier alpha value is -0.420. The lowest BCUT2D eigenvalue weighted by molar-refractivity contribution is -0.110. The Balaban J connectivity index is 1.73. The van der Waals surface area contributed by atoms with E-state index in [1.54, 1.807) is 0 Å². The van der Waals surface area contributed by atoms with Crippen LogP contribution in [-0.2, 0) is 0 Å². The molecule has 4 rings (SSSR count). The van der Waals surface area contributed by atoms with Gasteiger partial charge in [-0.1, -0.05) is 25.5 Å². The summed E-state index contributed by atoms with van der Waals surface area (Å²) in [7, 11) is 0. The predicted octanol–water partition coefficient (Wildman–Crippen LogP) is 1.61. The zero-order valence-electron chi connectivity index (χ0n) is 14.2. The van der Waals surface area contributed by atoms with Gasteiger partial charge in [0.2, 0.25) is 0 Å². The van der Waals surface area contributed by atoms with E-state index in [4.69, 9.17) is 0 Å². The number of aliphatic hydroxyl groups is 4. The first-order chi connectivity index (χ1) is 10.8. The monoisotopic (exact) mass is 322 g/mol. The molecule has 4 heteroatoms. The molecular formula is C19H30O4. The molecule has 0 amide bonds. The van der Waals surface area contributed by atoms with Gasteiger partial charge in [-0.3, -0.25) is 0 Å². The van der Waals surface area contributed by atoms with Gasteiger partial charge in [-0.15, -0.1) is 0 Å². The summed E-state index contributed by atoms with van der Waals surface area (Å²) in [5.74, 6) is 0.674. The Morgan fingerprint density at radius 2 is 1.74 bits per heavy atom. The van der Waals surface area contributed by atoms with E-state index in [0.717, 1.165) is 25.7 Å². The lowest BCUT2D eigenvalue weighted by Crippen LogP contribution is -2.55. The van der Waals surface area contributed by atoms with Crippen molar-refractivity contribution in [2.45, 2.75) is 76.8 Å². The summed E-state index contributed by atoms with van der Waals surface area (Å²) in [5, 5.41) is 41.6. The molecule has 0 aromatic carbocycles. The molecule has 3 fully saturated rings. The molecule has 4 aliphatic rings. The summed E-state index contributed by atoms with van der Waals surface area (Å²) in [6, 6.07) is 0. The molecular weight excluding hydrogens is 292 g/mol. The van der Waals surface area contributed by atoms with Crippen molar-refractivity contribution >= 4 is 0 Å². The molecule has 4 aliphatic carbocycles. The second-order valence-electron chi connectivity index (χ2n) is 9.08. The number of hydrogen-bond donors (Lipinski definition) is 4. The molecule has 23 heavy (non-hydrogen) atoms. The zero-order valence-corrected chi connectivity index (χ0v) is 14.2. The fraction of sp³-hybridized carbons (Fsp3) is 0.895. The summed E-state index contributed by atoms with van der Waals surface area (Å²) >= 11 is 0. The van der Waals surface area contributed by atoms with Crippen LogP contribution in [0.1, 0.15) is 52.4 Å². The maximum Gasteiger partial charge on any atom is 0.0855 e. The number of hydrogen-bond acceptors (Lipinski definition) is 4. The number of fused-ring (bicyclic) bond motifs is 5. The third-order valence-electron chi connectivity index (χ3n) is 8.08. The van der Waals surface area contributed by atoms with Crippen LogP contribution < -0.4 is 0 Å². The van der Waals surface area contributed by atoms with Gasteiger partial charge in [-0.2, -0.15) is 0 Å². The third kappa shape index (κ3) is 2.05. The largest absolute Gasteiger partial charge is 0.393 e. The van der Waals surface area contributed by atoms with E-state index in [2.05, 4.69) is 13.8 Å². The summed E-state index contributed by atoms with van der Waals surface area (Å²) < 4.78 is 0. The molecule has 9 atom stereocenters. The van der Waals surface area contributed by atoms with Crippen molar-refractivity contribution in [1.29, 1.82) is 0 Å². The number of rotatable bonds is 0. The molecule has 0 spiro atoms. The molecule has 4 nitrogen and oxygen atoms in total. The summed E-state index contributed by atoms with van der Waals surface area (Å²) in [6.45, 7) is 4.40. The molecule has 3 unspecified atom stereocenters. The van der Waals surface area contributed by atoms with Crippen molar-refractivity contribution in [3.63, 3.8) is 0 Å². The molecule has 0 aromatic rings. The van der Waals surface area contributed by atoms with Gasteiger partial charge in [0.1, 0.15) is 0 Å². The maximum atomic E-state index is 10.9. The molecule has 4 N–H and O–H groups in total. The smallest absolute Gasteiger partial charge is 0.0855 e. The van der Waals surface area contributed by atoms with Crippen LogP contribution in [0.25, 0.3) is 0 Å². The van der Waals surface area contributed by atoms with Crippen LogP contribution in [0, 0.1) is 28.6 Å². The van der Waals surface area contributed by atoms with E-state index in [9.17, 15) is 20.4 Å². The second-order valence-corrected chi connectivity index (χ2v) is 9.08. The summed E-state index contributed by atoms with van der Waals surface area (Å²) in [6.07, 6.45) is 4.85. The van der Waals surface area contributed by atoms with E-state index >= 15 is 0 Å². The maximum absolute atomic E-state index is 10.9. The minimum atomic E-state index is -0.674. The van der Waals surface area contributed by atoms with E-state index in [1.165, 1.54) is 5.57 Å². The van der Waals surface area contributed by atoms with Gasteiger partial charge in [0.15, 0.2) is 0 Å². The molecule has 3 saturated carbocycles. The van der Waals surface area contributed by atoms with Gasteiger partial charge in [0.05, 0.1) is 24.4 Å². The van der Waals surface area contributed by atoms with Gasteiger partial charge in [-0.05, 0) is 67.1 Å². The van der Waals surface area contributed by atoms with E-state index in [1.807, 2.05) is 6.08 Å². The standard InChI is InChI=1S/C19H30O4/c1-18-5-3-11(20)7-10(18)8-14(21)16-12(18)4-6-19(2)13(16)9-15(22)17(19)23/h8,11-17,20-23H,3-7,9H2,1-2H3/t11-,12?,13?,14-,15+,16?,17-,18-,19-/m0/s1. The molecule has 0 bridgehead atoms. The minimum Gasteiger partial charge on any atom is -0.393 e. The van der Waals surface area contributed by atoms with E-state index < -0.39 is 18.3 Å². The van der Waals surface area contributed by atoms with Crippen molar-refractivity contribution in [3.8, 4) is 0 Å². The second kappa shape index (κ2) is 5.04. The zero-order chi connectivity index (χ0) is 16.6. The Kier molecular flexibility index (Phi) is 3.52. The molecule has 0 radical (unpaired) electrons. The predicted molar refractivity (Wildman–Crippen MR) is 86.5 cm³/mol. The molecule has 0 heterocycles. The highest BCUT2D eigenvalue weighted by molar-refractivity contribution is 5.28. The molecule has 130 valence electrons. The van der Waals surface area contributed by atoms with Crippen LogP contribution in [0.2, 0.25) is 0 Å². The van der Waals surface area contributed by atoms with Crippen LogP contribution >= 0.6 is 0 Å². The average Bonchev–Trinajstić information content (AvgIpc) is 2.73. The van der Waals surface area contributed by atoms with Crippen molar-refractivity contribution in [3.05, 3.63) is 11.6 Å². The number of aliphatic hydroxyl groups excluding tert-OH is 4. The fourth-order valence-electron chi connectivity index (χ4n) is 6.62. The molecule has 0 aliphatic heterocycles. The first-order valence-electron chi connectivity index (χ1n) is 9.21. The van der Waals surface area contributed by atoms with Gasteiger partial charge < -0.3 is 20.4 Å². The lowest BCUT2D eigenvalue weighted by Gasteiger charge is -2.58. The highest BCUT2D eigenvalue weighted by Crippen LogP contribution is 2.64. The van der Waals surface area contributed by atoms with Crippen LogP contribution in [0.5, 0.6) is 0 Å². The molecule has 0 saturated heterocycles. The van der Waals surface area contributed by atoms with Crippen molar-refractivity contribution in [2.24, 2.45) is 28.6 Å². The highest BCUT2D eigenvalue weighted by Gasteiger charge is 2.62. The van der Waals surface area contributed by atoms with Gasteiger partial charge in [0, 0.05) is 0 Å². The lowest BCUT2D eigenvalue weighted by atomic mass is 9.47. The normalized spacial score (nSPS) is 58.9. The van der Waals surface area contributed by atoms with Gasteiger partial charge in [0.25, 0.3) is 0 Å². The van der Waals surface area contributed by atoms with Crippen LogP contribution in [0.4, 0.5) is 0 Å². The van der Waals surface area contributed by atoms with Gasteiger partial charge in [-0.25, -0.2) is 0 Å². The average molecular weight is 322 g/mol. The third-order valence-corrected chi connectivity index (χ3v) is 8.08. The van der Waals surface area contributed by atoms with Crippen LogP contribution in [0.3, 0.4) is 0 Å². The van der Waals surface area contributed by atoms with Crippen LogP contribution in [-0.4, -0.2) is 44.8 Å². The fourth-order valence-corrected chi connectivity index (χ4v) is 6.62. The Morgan fingerprint density at radius 1 is 1.00 bits per heavy atom. The SMILES string of the molecule is C[C@]12CC[C@H](O)CC1=C[C@H](O)C1C2CC[C@@]2(C)C1C[C@@H](O)[C@@H]2O. The quantitative estimate of drug-likeness (QED) is 0.511. The Morgan fingerprint density at radius 3 is 2.48 bits per heavy atom. The van der Waals surface area contributed by atoms with E-state index in [0.29, 0.717) is 18.8 Å². The first-order valence-corrected chi connectivity index (χ1v) is 9.21. The highest BCUT2D eigenvalue weighted by atomic mass is 16.3. The Labute approximate surface area is 138 Å². The minimum absolute atomic E-state index is 0.0585.